The molecule has 0 radical (unpaired) electrons. The summed E-state index contributed by atoms with van der Waals surface area (Å²) < 4.78 is 5.22. The maximum Gasteiger partial charge on any atom is 0.191 e. The molecule has 1 aromatic rings. The van der Waals surface area contributed by atoms with Crippen molar-refractivity contribution in [2.45, 2.75) is 52.0 Å². The molecule has 0 unspecified atom stereocenters. The Bertz CT molecular complexity index is 584. The van der Waals surface area contributed by atoms with Crippen molar-refractivity contribution in [3.8, 4) is 11.5 Å². The zero-order valence-electron chi connectivity index (χ0n) is 16.5. The molecule has 0 amide bonds. The average molecular weight is 491 g/mol. The molecule has 0 bridgehead atoms. The Labute approximate surface area is 179 Å². The fourth-order valence-electron chi connectivity index (χ4n) is 3.65. The summed E-state index contributed by atoms with van der Waals surface area (Å²) >= 11 is 0. The summed E-state index contributed by atoms with van der Waals surface area (Å²) in [5.41, 5.74) is 0.880. The summed E-state index contributed by atoms with van der Waals surface area (Å²) in [7, 11) is 1.61. The second-order valence-corrected chi connectivity index (χ2v) is 7.08. The fourth-order valence-corrected chi connectivity index (χ4v) is 3.65. The number of phenols is 1. The fraction of sp³-hybridized carbons (Fsp3) is 0.650. The SMILES string of the molecule is CCNC(=NCc1cc(OC)ccc1O)NCC1(CCO)CCCCC1.I. The summed E-state index contributed by atoms with van der Waals surface area (Å²) in [6.07, 6.45) is 6.87. The largest absolute Gasteiger partial charge is 0.508 e. The minimum Gasteiger partial charge on any atom is -0.508 e. The third-order valence-electron chi connectivity index (χ3n) is 5.23. The molecule has 0 aromatic heterocycles. The van der Waals surface area contributed by atoms with E-state index in [1.807, 2.05) is 6.92 Å². The number of aliphatic imine (C=N–C) groups is 1. The number of hydrogen-bond donors (Lipinski definition) is 4. The highest BCUT2D eigenvalue weighted by Gasteiger charge is 2.31. The molecule has 7 heteroatoms. The molecule has 1 saturated carbocycles. The Morgan fingerprint density at radius 3 is 2.59 bits per heavy atom. The number of rotatable bonds is 8. The van der Waals surface area contributed by atoms with Crippen molar-refractivity contribution in [3.05, 3.63) is 23.8 Å². The molecule has 0 heterocycles. The maximum atomic E-state index is 10.0. The van der Waals surface area contributed by atoms with E-state index in [0.29, 0.717) is 12.3 Å². The summed E-state index contributed by atoms with van der Waals surface area (Å²) in [5.74, 6) is 1.65. The predicted octanol–water partition coefficient (Wildman–Crippen LogP) is 3.41. The first-order valence-corrected chi connectivity index (χ1v) is 9.61. The van der Waals surface area contributed by atoms with E-state index in [1.54, 1.807) is 25.3 Å². The molecular weight excluding hydrogens is 457 g/mol. The first kappa shape index (κ1) is 23.8. The Morgan fingerprint density at radius 1 is 1.22 bits per heavy atom. The number of aliphatic hydroxyl groups excluding tert-OH is 1. The molecule has 4 N–H and O–H groups in total. The number of benzene rings is 1. The Kier molecular flexibility index (Phi) is 10.8. The Hall–Kier alpha value is -1.22. The van der Waals surface area contributed by atoms with Crippen molar-refractivity contribution in [3.63, 3.8) is 0 Å². The highest BCUT2D eigenvalue weighted by atomic mass is 127. The van der Waals surface area contributed by atoms with Crippen LogP contribution in [0.1, 0.15) is 51.0 Å². The molecule has 154 valence electrons. The standard InChI is InChI=1S/C20H33N3O3.HI/c1-3-21-19(22-14-16-13-17(26-2)7-8-18(16)25)23-15-20(11-12-24)9-5-4-6-10-20;/h7-8,13,24-25H,3-6,9-12,14-15H2,1-2H3,(H2,21,22,23);1H. The molecule has 1 aliphatic carbocycles. The number of ether oxygens (including phenoxy) is 1. The van der Waals surface area contributed by atoms with Crippen molar-refractivity contribution in [2.24, 2.45) is 10.4 Å². The maximum absolute atomic E-state index is 10.0. The zero-order valence-corrected chi connectivity index (χ0v) is 18.8. The van der Waals surface area contributed by atoms with Gasteiger partial charge in [0, 0.05) is 25.3 Å². The monoisotopic (exact) mass is 491 g/mol. The highest BCUT2D eigenvalue weighted by Crippen LogP contribution is 2.38. The van der Waals surface area contributed by atoms with Gasteiger partial charge < -0.3 is 25.6 Å². The lowest BCUT2D eigenvalue weighted by Crippen LogP contribution is -2.44. The van der Waals surface area contributed by atoms with Gasteiger partial charge in [-0.1, -0.05) is 19.3 Å². The number of guanidine groups is 1. The third-order valence-corrected chi connectivity index (χ3v) is 5.23. The summed E-state index contributed by atoms with van der Waals surface area (Å²) in [6.45, 7) is 4.20. The topological polar surface area (TPSA) is 86.1 Å². The molecule has 1 aliphatic rings. The summed E-state index contributed by atoms with van der Waals surface area (Å²) in [6, 6.07) is 5.16. The van der Waals surface area contributed by atoms with Crippen LogP contribution in [0.3, 0.4) is 0 Å². The van der Waals surface area contributed by atoms with E-state index in [0.717, 1.165) is 43.9 Å². The van der Waals surface area contributed by atoms with Crippen LogP contribution in [-0.2, 0) is 6.54 Å². The normalized spacial score (nSPS) is 16.3. The van der Waals surface area contributed by atoms with Crippen LogP contribution in [0, 0.1) is 5.41 Å². The van der Waals surface area contributed by atoms with Crippen LogP contribution in [0.4, 0.5) is 0 Å². The summed E-state index contributed by atoms with van der Waals surface area (Å²) in [4.78, 5) is 4.61. The number of phenolic OH excluding ortho intramolecular Hbond substituents is 1. The number of halogens is 1. The van der Waals surface area contributed by atoms with E-state index >= 15 is 0 Å². The Morgan fingerprint density at radius 2 is 1.96 bits per heavy atom. The molecule has 6 nitrogen and oxygen atoms in total. The van der Waals surface area contributed by atoms with Crippen molar-refractivity contribution in [1.82, 2.24) is 10.6 Å². The second kappa shape index (κ2) is 12.3. The van der Waals surface area contributed by atoms with E-state index in [2.05, 4.69) is 15.6 Å². The highest BCUT2D eigenvalue weighted by molar-refractivity contribution is 14.0. The molecular formula is C20H34IN3O3. The zero-order chi connectivity index (χ0) is 18.8. The van der Waals surface area contributed by atoms with Gasteiger partial charge in [0.15, 0.2) is 5.96 Å². The minimum atomic E-state index is 0. The van der Waals surface area contributed by atoms with Gasteiger partial charge in [-0.2, -0.15) is 0 Å². The van der Waals surface area contributed by atoms with Crippen LogP contribution in [0.25, 0.3) is 0 Å². The van der Waals surface area contributed by atoms with E-state index in [1.165, 1.54) is 19.3 Å². The van der Waals surface area contributed by atoms with Gasteiger partial charge >= 0.3 is 0 Å². The smallest absolute Gasteiger partial charge is 0.191 e. The van der Waals surface area contributed by atoms with Gasteiger partial charge in [-0.15, -0.1) is 24.0 Å². The van der Waals surface area contributed by atoms with Gasteiger partial charge in [-0.25, -0.2) is 4.99 Å². The quantitative estimate of drug-likeness (QED) is 0.255. The van der Waals surface area contributed by atoms with Gasteiger partial charge in [0.05, 0.1) is 13.7 Å². The first-order chi connectivity index (χ1) is 12.6. The van der Waals surface area contributed by atoms with Crippen LogP contribution in [0.5, 0.6) is 11.5 Å². The number of hydrogen-bond acceptors (Lipinski definition) is 4. The van der Waals surface area contributed by atoms with Gasteiger partial charge in [0.25, 0.3) is 0 Å². The lowest BCUT2D eigenvalue weighted by molar-refractivity contribution is 0.131. The third kappa shape index (κ3) is 7.37. The lowest BCUT2D eigenvalue weighted by Gasteiger charge is -2.37. The molecule has 0 aliphatic heterocycles. The van der Waals surface area contributed by atoms with E-state index in [-0.39, 0.29) is 41.7 Å². The number of aliphatic hydroxyl groups is 1. The Balaban J connectivity index is 0.00000364. The first-order valence-electron chi connectivity index (χ1n) is 9.61. The van der Waals surface area contributed by atoms with Gasteiger partial charge in [0.2, 0.25) is 0 Å². The molecule has 1 aromatic carbocycles. The van der Waals surface area contributed by atoms with Crippen molar-refractivity contribution < 1.29 is 14.9 Å². The van der Waals surface area contributed by atoms with Crippen LogP contribution in [0.15, 0.2) is 23.2 Å². The average Bonchev–Trinajstić information content (AvgIpc) is 2.66. The van der Waals surface area contributed by atoms with Crippen molar-refractivity contribution >= 4 is 29.9 Å². The van der Waals surface area contributed by atoms with Gasteiger partial charge in [-0.3, -0.25) is 0 Å². The van der Waals surface area contributed by atoms with E-state index in [4.69, 9.17) is 4.74 Å². The van der Waals surface area contributed by atoms with Crippen molar-refractivity contribution in [2.75, 3.05) is 26.8 Å². The second-order valence-electron chi connectivity index (χ2n) is 7.08. The van der Waals surface area contributed by atoms with Gasteiger partial charge in [-0.05, 0) is 49.8 Å². The van der Waals surface area contributed by atoms with Crippen LogP contribution >= 0.6 is 24.0 Å². The number of nitrogens with one attached hydrogen (secondary N) is 2. The number of aromatic hydroxyl groups is 1. The van der Waals surface area contributed by atoms with E-state index in [9.17, 15) is 10.2 Å². The van der Waals surface area contributed by atoms with Crippen LogP contribution < -0.4 is 15.4 Å². The van der Waals surface area contributed by atoms with Crippen LogP contribution in [-0.4, -0.2) is 43.0 Å². The molecule has 27 heavy (non-hydrogen) atoms. The lowest BCUT2D eigenvalue weighted by atomic mass is 9.72. The van der Waals surface area contributed by atoms with Crippen molar-refractivity contribution in [1.29, 1.82) is 0 Å². The molecule has 2 rings (SSSR count). The molecule has 0 atom stereocenters. The van der Waals surface area contributed by atoms with Crippen LogP contribution in [0.2, 0.25) is 0 Å². The summed E-state index contributed by atoms with van der Waals surface area (Å²) in [5, 5.41) is 26.2. The number of nitrogens with zero attached hydrogens (tertiary/aromatic N) is 1. The molecule has 0 saturated heterocycles. The van der Waals surface area contributed by atoms with E-state index < -0.39 is 0 Å². The number of methoxy groups -OCH3 is 1. The minimum absolute atomic E-state index is 0. The van der Waals surface area contributed by atoms with Gasteiger partial charge in [0.1, 0.15) is 11.5 Å². The molecule has 1 fully saturated rings. The molecule has 0 spiro atoms. The predicted molar refractivity (Wildman–Crippen MR) is 120 cm³/mol.